The van der Waals surface area contributed by atoms with Crippen LogP contribution in [0.25, 0.3) is 0 Å². The van der Waals surface area contributed by atoms with E-state index in [-0.39, 0.29) is 0 Å². The lowest BCUT2D eigenvalue weighted by Crippen LogP contribution is -2.17. The molecule has 76 valence electrons. The molecule has 1 unspecified atom stereocenters. The van der Waals surface area contributed by atoms with E-state index in [2.05, 4.69) is 12.1 Å². The standard InChI is InChI=1S/C12H16O2/c1-14-11-4-5-12-9(3-2-6-13)7-10(12)8-11/h4-5,8-9,13H,2-3,6-7H2,1H3. The number of ether oxygens (including phenoxy) is 1. The van der Waals surface area contributed by atoms with Crippen LogP contribution in [0.4, 0.5) is 0 Å². The van der Waals surface area contributed by atoms with Crippen LogP contribution >= 0.6 is 0 Å². The van der Waals surface area contributed by atoms with Crippen LogP contribution in [0.3, 0.4) is 0 Å². The second kappa shape index (κ2) is 4.01. The lowest BCUT2D eigenvalue weighted by atomic mass is 9.75. The van der Waals surface area contributed by atoms with E-state index in [4.69, 9.17) is 9.84 Å². The Morgan fingerprint density at radius 1 is 1.50 bits per heavy atom. The number of rotatable bonds is 4. The molecule has 14 heavy (non-hydrogen) atoms. The van der Waals surface area contributed by atoms with Gasteiger partial charge in [-0.2, -0.15) is 0 Å². The monoisotopic (exact) mass is 192 g/mol. The van der Waals surface area contributed by atoms with Gasteiger partial charge < -0.3 is 9.84 Å². The molecule has 2 nitrogen and oxygen atoms in total. The van der Waals surface area contributed by atoms with Crippen molar-refractivity contribution in [3.63, 3.8) is 0 Å². The Bertz CT molecular complexity index is 320. The maximum atomic E-state index is 8.74. The molecule has 1 N–H and O–H groups in total. The molecule has 0 saturated carbocycles. The first-order chi connectivity index (χ1) is 6.85. The van der Waals surface area contributed by atoms with Crippen LogP contribution in [0, 0.1) is 0 Å². The van der Waals surface area contributed by atoms with Gasteiger partial charge in [-0.25, -0.2) is 0 Å². The van der Waals surface area contributed by atoms with Crippen molar-refractivity contribution < 1.29 is 9.84 Å². The highest BCUT2D eigenvalue weighted by molar-refractivity contribution is 5.44. The van der Waals surface area contributed by atoms with E-state index in [9.17, 15) is 0 Å². The summed E-state index contributed by atoms with van der Waals surface area (Å²) in [4.78, 5) is 0. The minimum Gasteiger partial charge on any atom is -0.497 e. The predicted molar refractivity (Wildman–Crippen MR) is 55.8 cm³/mol. The van der Waals surface area contributed by atoms with E-state index < -0.39 is 0 Å². The molecule has 1 aromatic carbocycles. The zero-order chi connectivity index (χ0) is 9.97. The van der Waals surface area contributed by atoms with Gasteiger partial charge >= 0.3 is 0 Å². The molecular weight excluding hydrogens is 176 g/mol. The summed E-state index contributed by atoms with van der Waals surface area (Å²) in [5.74, 6) is 1.62. The quantitative estimate of drug-likeness (QED) is 0.791. The lowest BCUT2D eigenvalue weighted by molar-refractivity contribution is 0.277. The van der Waals surface area contributed by atoms with Crippen molar-refractivity contribution in [2.45, 2.75) is 25.2 Å². The Labute approximate surface area is 84.5 Å². The summed E-state index contributed by atoms with van der Waals surface area (Å²) in [6.45, 7) is 0.308. The van der Waals surface area contributed by atoms with Crippen molar-refractivity contribution in [2.75, 3.05) is 13.7 Å². The second-order valence-electron chi connectivity index (χ2n) is 3.83. The van der Waals surface area contributed by atoms with Crippen molar-refractivity contribution >= 4 is 0 Å². The maximum Gasteiger partial charge on any atom is 0.119 e. The number of fused-ring (bicyclic) bond motifs is 1. The van der Waals surface area contributed by atoms with Crippen molar-refractivity contribution in [3.8, 4) is 5.75 Å². The van der Waals surface area contributed by atoms with E-state index >= 15 is 0 Å². The summed E-state index contributed by atoms with van der Waals surface area (Å²) in [6.07, 6.45) is 3.17. The van der Waals surface area contributed by atoms with Crippen LogP contribution in [-0.2, 0) is 6.42 Å². The van der Waals surface area contributed by atoms with Gasteiger partial charge in [-0.05, 0) is 48.4 Å². The number of methoxy groups -OCH3 is 1. The fourth-order valence-electron chi connectivity index (χ4n) is 2.12. The van der Waals surface area contributed by atoms with Crippen molar-refractivity contribution in [2.24, 2.45) is 0 Å². The lowest BCUT2D eigenvalue weighted by Gasteiger charge is -2.30. The van der Waals surface area contributed by atoms with Crippen LogP contribution < -0.4 is 4.74 Å². The molecule has 0 heterocycles. The fraction of sp³-hybridized carbons (Fsp3) is 0.500. The number of aliphatic hydroxyl groups excluding tert-OH is 1. The zero-order valence-corrected chi connectivity index (χ0v) is 8.49. The average Bonchev–Trinajstić information content (AvgIpc) is 2.19. The van der Waals surface area contributed by atoms with Crippen LogP contribution in [0.5, 0.6) is 5.75 Å². The largest absolute Gasteiger partial charge is 0.497 e. The van der Waals surface area contributed by atoms with Crippen LogP contribution in [0.1, 0.15) is 29.9 Å². The Balaban J connectivity index is 2.04. The van der Waals surface area contributed by atoms with Gasteiger partial charge in [-0.1, -0.05) is 6.07 Å². The highest BCUT2D eigenvalue weighted by Gasteiger charge is 2.25. The van der Waals surface area contributed by atoms with E-state index in [0.717, 1.165) is 25.0 Å². The van der Waals surface area contributed by atoms with Gasteiger partial charge in [-0.15, -0.1) is 0 Å². The zero-order valence-electron chi connectivity index (χ0n) is 8.49. The maximum absolute atomic E-state index is 8.74. The Morgan fingerprint density at radius 3 is 3.00 bits per heavy atom. The minimum absolute atomic E-state index is 0.308. The van der Waals surface area contributed by atoms with Crippen LogP contribution in [0.15, 0.2) is 18.2 Å². The number of benzene rings is 1. The predicted octanol–water partition coefficient (Wildman–Crippen LogP) is 2.11. The minimum atomic E-state index is 0.308. The van der Waals surface area contributed by atoms with Gasteiger partial charge in [0.2, 0.25) is 0 Å². The third-order valence-electron chi connectivity index (χ3n) is 2.97. The molecule has 2 heteroatoms. The highest BCUT2D eigenvalue weighted by atomic mass is 16.5. The molecule has 0 bridgehead atoms. The molecular formula is C12H16O2. The molecule has 0 radical (unpaired) electrons. The normalized spacial score (nSPS) is 18.6. The van der Waals surface area contributed by atoms with Crippen LogP contribution in [0.2, 0.25) is 0 Å². The first-order valence-electron chi connectivity index (χ1n) is 5.13. The summed E-state index contributed by atoms with van der Waals surface area (Å²) in [5, 5.41) is 8.74. The molecule has 1 aromatic rings. The molecule has 1 aliphatic rings. The fourth-order valence-corrected chi connectivity index (χ4v) is 2.12. The third kappa shape index (κ3) is 1.62. The summed E-state index contributed by atoms with van der Waals surface area (Å²) in [5.41, 5.74) is 2.85. The molecule has 0 saturated heterocycles. The summed E-state index contributed by atoms with van der Waals surface area (Å²) in [7, 11) is 1.70. The van der Waals surface area contributed by atoms with E-state index in [1.54, 1.807) is 7.11 Å². The van der Waals surface area contributed by atoms with Crippen molar-refractivity contribution in [1.29, 1.82) is 0 Å². The SMILES string of the molecule is COc1ccc2c(c1)CC2CCCO. The number of hydrogen-bond acceptors (Lipinski definition) is 2. The number of aliphatic hydroxyl groups is 1. The molecule has 0 amide bonds. The highest BCUT2D eigenvalue weighted by Crippen LogP contribution is 2.39. The molecule has 0 spiro atoms. The van der Waals surface area contributed by atoms with Crippen LogP contribution in [-0.4, -0.2) is 18.8 Å². The van der Waals surface area contributed by atoms with Gasteiger partial charge in [0.25, 0.3) is 0 Å². The number of hydrogen-bond donors (Lipinski definition) is 1. The Hall–Kier alpha value is -1.02. The summed E-state index contributed by atoms with van der Waals surface area (Å²) < 4.78 is 5.16. The topological polar surface area (TPSA) is 29.5 Å². The molecule has 0 aromatic heterocycles. The van der Waals surface area contributed by atoms with Crippen molar-refractivity contribution in [3.05, 3.63) is 29.3 Å². The van der Waals surface area contributed by atoms with E-state index in [0.29, 0.717) is 12.5 Å². The molecule has 0 fully saturated rings. The van der Waals surface area contributed by atoms with E-state index in [1.165, 1.54) is 11.1 Å². The third-order valence-corrected chi connectivity index (χ3v) is 2.97. The van der Waals surface area contributed by atoms with Gasteiger partial charge in [0.15, 0.2) is 0 Å². The van der Waals surface area contributed by atoms with Gasteiger partial charge in [-0.3, -0.25) is 0 Å². The Kier molecular flexibility index (Phi) is 2.73. The second-order valence-corrected chi connectivity index (χ2v) is 3.83. The van der Waals surface area contributed by atoms with Crippen molar-refractivity contribution in [1.82, 2.24) is 0 Å². The average molecular weight is 192 g/mol. The first-order valence-corrected chi connectivity index (χ1v) is 5.13. The van der Waals surface area contributed by atoms with E-state index in [1.807, 2.05) is 6.07 Å². The molecule has 0 aliphatic heterocycles. The molecule has 1 aliphatic carbocycles. The summed E-state index contributed by atoms with van der Waals surface area (Å²) in [6, 6.07) is 6.29. The summed E-state index contributed by atoms with van der Waals surface area (Å²) >= 11 is 0. The molecule has 1 atom stereocenters. The van der Waals surface area contributed by atoms with Gasteiger partial charge in [0.1, 0.15) is 5.75 Å². The first kappa shape index (κ1) is 9.53. The Morgan fingerprint density at radius 2 is 2.36 bits per heavy atom. The smallest absolute Gasteiger partial charge is 0.119 e. The molecule has 2 rings (SSSR count). The van der Waals surface area contributed by atoms with Gasteiger partial charge in [0, 0.05) is 6.61 Å². The van der Waals surface area contributed by atoms with Gasteiger partial charge in [0.05, 0.1) is 7.11 Å².